The highest BCUT2D eigenvalue weighted by Crippen LogP contribution is 2.11. The molecule has 1 unspecified atom stereocenters. The van der Waals surface area contributed by atoms with Gasteiger partial charge in [0.2, 0.25) is 0 Å². The third-order valence-electron chi connectivity index (χ3n) is 7.25. The second-order valence-corrected chi connectivity index (χ2v) is 11.2. The minimum Gasteiger partial charge on any atom is -0.457 e. The Labute approximate surface area is 243 Å². The number of allylic oxidation sites excluding steroid dienone is 4. The Morgan fingerprint density at radius 3 is 1.54 bits per heavy atom. The molecule has 0 fully saturated rings. The summed E-state index contributed by atoms with van der Waals surface area (Å²) in [4.78, 5) is 12.1. The van der Waals surface area contributed by atoms with Crippen LogP contribution < -0.4 is 0 Å². The lowest BCUT2D eigenvalue weighted by Crippen LogP contribution is -2.27. The molecule has 0 amide bonds. The molecule has 4 nitrogen and oxygen atoms in total. The molecule has 4 heteroatoms. The maximum Gasteiger partial charge on any atom is 0.306 e. The van der Waals surface area contributed by atoms with Crippen molar-refractivity contribution >= 4 is 5.97 Å². The van der Waals surface area contributed by atoms with Crippen LogP contribution in [0.2, 0.25) is 0 Å². The summed E-state index contributed by atoms with van der Waals surface area (Å²) in [6, 6.07) is 0. The molecule has 0 aliphatic rings. The molecule has 0 saturated heterocycles. The molecule has 0 aromatic heterocycles. The first kappa shape index (κ1) is 37.9. The molecule has 0 aromatic rings. The molecular formula is C35H66O4. The highest BCUT2D eigenvalue weighted by molar-refractivity contribution is 5.69. The number of unbranched alkanes of at least 4 members (excludes halogenated alkanes) is 19. The molecule has 39 heavy (non-hydrogen) atoms. The minimum atomic E-state index is -0.536. The number of esters is 1. The van der Waals surface area contributed by atoms with E-state index in [1.807, 2.05) is 0 Å². The van der Waals surface area contributed by atoms with Gasteiger partial charge in [-0.2, -0.15) is 0 Å². The van der Waals surface area contributed by atoms with Crippen molar-refractivity contribution in [3.05, 3.63) is 24.3 Å². The fourth-order valence-corrected chi connectivity index (χ4v) is 4.65. The van der Waals surface area contributed by atoms with Gasteiger partial charge >= 0.3 is 5.97 Å². The number of aliphatic hydroxyl groups is 1. The molecular weight excluding hydrogens is 484 g/mol. The molecule has 230 valence electrons. The van der Waals surface area contributed by atoms with Gasteiger partial charge in [0.1, 0.15) is 6.10 Å². The predicted molar refractivity (Wildman–Crippen MR) is 168 cm³/mol. The fourth-order valence-electron chi connectivity index (χ4n) is 4.65. The summed E-state index contributed by atoms with van der Waals surface area (Å²) in [6.45, 7) is 5.29. The summed E-state index contributed by atoms with van der Waals surface area (Å²) in [7, 11) is 0. The van der Waals surface area contributed by atoms with Crippen molar-refractivity contribution in [1.29, 1.82) is 0 Å². The molecule has 0 spiro atoms. The smallest absolute Gasteiger partial charge is 0.306 e. The summed E-state index contributed by atoms with van der Waals surface area (Å²) >= 11 is 0. The normalized spacial score (nSPS) is 12.6. The zero-order chi connectivity index (χ0) is 28.5. The first-order valence-corrected chi connectivity index (χ1v) is 16.9. The number of hydrogen-bond acceptors (Lipinski definition) is 4. The zero-order valence-electron chi connectivity index (χ0n) is 26.2. The topological polar surface area (TPSA) is 55.8 Å². The number of carbonyl (C=O) groups is 1. The van der Waals surface area contributed by atoms with E-state index in [1.54, 1.807) is 0 Å². The van der Waals surface area contributed by atoms with Crippen molar-refractivity contribution in [3.63, 3.8) is 0 Å². The average Bonchev–Trinajstić information content (AvgIpc) is 2.94. The summed E-state index contributed by atoms with van der Waals surface area (Å²) in [5.41, 5.74) is 0. The van der Waals surface area contributed by atoms with Crippen LogP contribution in [0.3, 0.4) is 0 Å². The van der Waals surface area contributed by atoms with Crippen LogP contribution in [0.5, 0.6) is 0 Å². The van der Waals surface area contributed by atoms with Crippen molar-refractivity contribution in [2.45, 2.75) is 174 Å². The molecule has 1 atom stereocenters. The van der Waals surface area contributed by atoms with Gasteiger partial charge in [-0.05, 0) is 57.8 Å². The number of ether oxygens (including phenoxy) is 2. The van der Waals surface area contributed by atoms with E-state index in [-0.39, 0.29) is 12.6 Å². The molecule has 0 rings (SSSR count). The molecule has 0 bridgehead atoms. The van der Waals surface area contributed by atoms with Crippen LogP contribution in [-0.2, 0) is 14.3 Å². The first-order valence-electron chi connectivity index (χ1n) is 16.9. The summed E-state index contributed by atoms with van der Waals surface area (Å²) in [5, 5.41) is 9.52. The van der Waals surface area contributed by atoms with E-state index in [9.17, 15) is 9.90 Å². The van der Waals surface area contributed by atoms with Crippen LogP contribution >= 0.6 is 0 Å². The minimum absolute atomic E-state index is 0.176. The van der Waals surface area contributed by atoms with Gasteiger partial charge in [-0.1, -0.05) is 128 Å². The number of aliphatic hydroxyl groups excluding tert-OH is 1. The van der Waals surface area contributed by atoms with Gasteiger partial charge in [-0.15, -0.1) is 0 Å². The van der Waals surface area contributed by atoms with E-state index < -0.39 is 6.10 Å². The molecule has 0 aromatic carbocycles. The highest BCUT2D eigenvalue weighted by atomic mass is 16.6. The molecule has 0 aliphatic carbocycles. The number of carbonyl (C=O) groups excluding carboxylic acids is 1. The predicted octanol–water partition coefficient (Wildman–Crippen LogP) is 10.4. The van der Waals surface area contributed by atoms with Crippen molar-refractivity contribution in [2.75, 3.05) is 19.8 Å². The molecule has 0 aliphatic heterocycles. The van der Waals surface area contributed by atoms with Crippen molar-refractivity contribution < 1.29 is 19.4 Å². The molecule has 0 radical (unpaired) electrons. The van der Waals surface area contributed by atoms with Crippen molar-refractivity contribution in [3.8, 4) is 0 Å². The summed E-state index contributed by atoms with van der Waals surface area (Å²) < 4.78 is 11.1. The van der Waals surface area contributed by atoms with Gasteiger partial charge < -0.3 is 14.6 Å². The van der Waals surface area contributed by atoms with Crippen LogP contribution in [0, 0.1) is 0 Å². The lowest BCUT2D eigenvalue weighted by molar-refractivity contribution is -0.154. The number of hydrogen-bond donors (Lipinski definition) is 1. The fraction of sp³-hybridized carbons (Fsp3) is 0.857. The Balaban J connectivity index is 3.47. The van der Waals surface area contributed by atoms with E-state index in [2.05, 4.69) is 38.2 Å². The van der Waals surface area contributed by atoms with E-state index in [1.165, 1.54) is 128 Å². The second-order valence-electron chi connectivity index (χ2n) is 11.2. The van der Waals surface area contributed by atoms with E-state index >= 15 is 0 Å². The summed E-state index contributed by atoms with van der Waals surface area (Å²) in [5.74, 6) is -0.213. The van der Waals surface area contributed by atoms with Gasteiger partial charge in [0, 0.05) is 13.0 Å². The van der Waals surface area contributed by atoms with E-state index in [0.29, 0.717) is 19.6 Å². The highest BCUT2D eigenvalue weighted by Gasteiger charge is 2.13. The number of rotatable bonds is 31. The van der Waals surface area contributed by atoms with Crippen LogP contribution in [0.1, 0.15) is 168 Å². The maximum atomic E-state index is 12.1. The maximum absolute atomic E-state index is 12.1. The summed E-state index contributed by atoms with van der Waals surface area (Å²) in [6.07, 6.45) is 37.8. The quantitative estimate of drug-likeness (QED) is 0.0530. The van der Waals surface area contributed by atoms with Crippen LogP contribution in [0.15, 0.2) is 24.3 Å². The van der Waals surface area contributed by atoms with Gasteiger partial charge in [-0.25, -0.2) is 0 Å². The van der Waals surface area contributed by atoms with Gasteiger partial charge in [0.05, 0.1) is 13.2 Å². The standard InChI is InChI=1S/C35H66O4/c1-3-5-7-9-11-13-15-17-18-19-20-22-24-26-28-30-35(37)39-34(32-36)33-38-31-29-27-25-23-21-16-14-12-10-8-6-4-2/h10,12,17-18,34,36H,3-9,11,13-16,19-33H2,1-2H3/b12-10-,18-17-. The molecule has 1 N–H and O–H groups in total. The van der Waals surface area contributed by atoms with Gasteiger partial charge in [-0.3, -0.25) is 4.79 Å². The monoisotopic (exact) mass is 550 g/mol. The third-order valence-corrected chi connectivity index (χ3v) is 7.25. The second kappa shape index (κ2) is 33.1. The molecule has 0 heterocycles. The Hall–Kier alpha value is -1.13. The first-order chi connectivity index (χ1) is 19.2. The largest absolute Gasteiger partial charge is 0.457 e. The van der Waals surface area contributed by atoms with Gasteiger partial charge in [0.25, 0.3) is 0 Å². The Morgan fingerprint density at radius 2 is 1.03 bits per heavy atom. The average molecular weight is 551 g/mol. The lowest BCUT2D eigenvalue weighted by atomic mass is 10.1. The Kier molecular flexibility index (Phi) is 32.1. The Bertz CT molecular complexity index is 543. The van der Waals surface area contributed by atoms with Crippen molar-refractivity contribution in [2.24, 2.45) is 0 Å². The Morgan fingerprint density at radius 1 is 0.590 bits per heavy atom. The molecule has 0 saturated carbocycles. The third kappa shape index (κ3) is 31.3. The van der Waals surface area contributed by atoms with Gasteiger partial charge in [0.15, 0.2) is 0 Å². The SMILES string of the molecule is CCCC/C=C\CCCCCCCCOCC(CO)OC(=O)CCCCCCC/C=C\CCCCCCCC. The van der Waals surface area contributed by atoms with Crippen LogP contribution in [0.4, 0.5) is 0 Å². The lowest BCUT2D eigenvalue weighted by Gasteiger charge is -2.15. The van der Waals surface area contributed by atoms with Crippen LogP contribution in [-0.4, -0.2) is 37.0 Å². The van der Waals surface area contributed by atoms with Crippen molar-refractivity contribution in [1.82, 2.24) is 0 Å². The zero-order valence-corrected chi connectivity index (χ0v) is 26.2. The van der Waals surface area contributed by atoms with Crippen LogP contribution in [0.25, 0.3) is 0 Å². The van der Waals surface area contributed by atoms with E-state index in [0.717, 1.165) is 19.3 Å². The van der Waals surface area contributed by atoms with E-state index in [4.69, 9.17) is 9.47 Å².